The van der Waals surface area contributed by atoms with Crippen LogP contribution in [0.4, 0.5) is 0 Å². The van der Waals surface area contributed by atoms with Gasteiger partial charge in [-0.15, -0.1) is 0 Å². The van der Waals surface area contributed by atoms with Crippen LogP contribution in [0, 0.1) is 5.92 Å². The van der Waals surface area contributed by atoms with Gasteiger partial charge in [0.05, 0.1) is 6.10 Å². The zero-order valence-corrected chi connectivity index (χ0v) is 5.74. The first kappa shape index (κ1) is 7.50. The van der Waals surface area contributed by atoms with Gasteiger partial charge in [0.2, 0.25) is 0 Å². The van der Waals surface area contributed by atoms with Crippen LogP contribution in [0.5, 0.6) is 0 Å². The minimum Gasteiger partial charge on any atom is -0.480 e. The average Bonchev–Trinajstić information content (AvgIpc) is 2.14. The standard InChI is InChI=1S/C6H11NO3/c1-3-4(8)2-7-5(3)6(9)10/h3-5,7-8H,2H2,1H3,(H,9,10)/t3-,4?,5+/m1/s1. The quantitative estimate of drug-likeness (QED) is 0.444. The summed E-state index contributed by atoms with van der Waals surface area (Å²) in [5.41, 5.74) is 0. The van der Waals surface area contributed by atoms with E-state index in [1.54, 1.807) is 6.92 Å². The Morgan fingerprint density at radius 2 is 2.30 bits per heavy atom. The lowest BCUT2D eigenvalue weighted by molar-refractivity contribution is -0.140. The van der Waals surface area contributed by atoms with Gasteiger partial charge < -0.3 is 15.5 Å². The molecule has 0 bridgehead atoms. The molecule has 0 amide bonds. The van der Waals surface area contributed by atoms with Crippen LogP contribution >= 0.6 is 0 Å². The minimum absolute atomic E-state index is 0.183. The monoisotopic (exact) mass is 145 g/mol. The van der Waals surface area contributed by atoms with E-state index in [1.165, 1.54) is 0 Å². The van der Waals surface area contributed by atoms with Gasteiger partial charge in [0.25, 0.3) is 0 Å². The van der Waals surface area contributed by atoms with Crippen LogP contribution in [0.15, 0.2) is 0 Å². The molecule has 3 N–H and O–H groups in total. The van der Waals surface area contributed by atoms with E-state index in [-0.39, 0.29) is 5.92 Å². The summed E-state index contributed by atoms with van der Waals surface area (Å²) in [6, 6.07) is -0.574. The fraction of sp³-hybridized carbons (Fsp3) is 0.833. The lowest BCUT2D eigenvalue weighted by Crippen LogP contribution is -2.34. The van der Waals surface area contributed by atoms with Crippen molar-refractivity contribution in [2.45, 2.75) is 19.1 Å². The number of β-amino-alcohol motifs (C(OH)–C–C–N with tert-alkyl or cyclic N) is 1. The molecule has 4 nitrogen and oxygen atoms in total. The van der Waals surface area contributed by atoms with Crippen molar-refractivity contribution >= 4 is 5.97 Å². The summed E-state index contributed by atoms with van der Waals surface area (Å²) in [7, 11) is 0. The fourth-order valence-electron chi connectivity index (χ4n) is 1.15. The van der Waals surface area contributed by atoms with E-state index in [2.05, 4.69) is 5.32 Å². The van der Waals surface area contributed by atoms with Gasteiger partial charge in [0, 0.05) is 12.5 Å². The topological polar surface area (TPSA) is 69.6 Å². The van der Waals surface area contributed by atoms with Crippen LogP contribution in [-0.2, 0) is 4.79 Å². The number of hydrogen-bond donors (Lipinski definition) is 3. The predicted octanol–water partition coefficient (Wildman–Crippen LogP) is -0.960. The van der Waals surface area contributed by atoms with Crippen molar-refractivity contribution in [3.63, 3.8) is 0 Å². The number of carboxylic acids is 1. The van der Waals surface area contributed by atoms with E-state index in [0.29, 0.717) is 6.54 Å². The number of aliphatic carboxylic acids is 1. The second-order valence-corrected chi connectivity index (χ2v) is 2.65. The number of aliphatic hydroxyl groups excluding tert-OH is 1. The molecule has 0 radical (unpaired) electrons. The van der Waals surface area contributed by atoms with E-state index in [0.717, 1.165) is 0 Å². The molecular formula is C6H11NO3. The van der Waals surface area contributed by atoms with Crippen molar-refractivity contribution < 1.29 is 15.0 Å². The number of carboxylic acid groups (broad SMARTS) is 1. The summed E-state index contributed by atoms with van der Waals surface area (Å²) < 4.78 is 0. The number of aliphatic hydroxyl groups is 1. The van der Waals surface area contributed by atoms with Crippen molar-refractivity contribution in [2.24, 2.45) is 5.92 Å². The van der Waals surface area contributed by atoms with Gasteiger partial charge in [-0.1, -0.05) is 6.92 Å². The van der Waals surface area contributed by atoms with Crippen molar-refractivity contribution in [1.82, 2.24) is 5.32 Å². The second kappa shape index (κ2) is 2.56. The lowest BCUT2D eigenvalue weighted by atomic mass is 10.0. The highest BCUT2D eigenvalue weighted by Crippen LogP contribution is 2.14. The third kappa shape index (κ3) is 1.12. The molecule has 1 aliphatic rings. The van der Waals surface area contributed by atoms with E-state index < -0.39 is 18.1 Å². The number of carbonyl (C=O) groups is 1. The maximum atomic E-state index is 10.4. The number of hydrogen-bond acceptors (Lipinski definition) is 3. The molecule has 3 atom stereocenters. The zero-order valence-electron chi connectivity index (χ0n) is 5.74. The highest BCUT2D eigenvalue weighted by molar-refractivity contribution is 5.74. The molecule has 1 aliphatic heterocycles. The van der Waals surface area contributed by atoms with Crippen LogP contribution < -0.4 is 5.32 Å². The molecular weight excluding hydrogens is 134 g/mol. The maximum absolute atomic E-state index is 10.4. The van der Waals surface area contributed by atoms with Crippen LogP contribution in [0.25, 0.3) is 0 Å². The van der Waals surface area contributed by atoms with Crippen LogP contribution in [0.3, 0.4) is 0 Å². The normalized spacial score (nSPS) is 40.0. The fourth-order valence-corrected chi connectivity index (χ4v) is 1.15. The van der Waals surface area contributed by atoms with Gasteiger partial charge >= 0.3 is 5.97 Å². The van der Waals surface area contributed by atoms with Gasteiger partial charge in [-0.3, -0.25) is 4.79 Å². The van der Waals surface area contributed by atoms with Gasteiger partial charge in [0.15, 0.2) is 0 Å². The summed E-state index contributed by atoms with van der Waals surface area (Å²) in [5, 5.41) is 20.3. The molecule has 1 saturated heterocycles. The largest absolute Gasteiger partial charge is 0.480 e. The molecule has 0 aliphatic carbocycles. The average molecular weight is 145 g/mol. The van der Waals surface area contributed by atoms with Gasteiger partial charge in [-0.2, -0.15) is 0 Å². The van der Waals surface area contributed by atoms with Crippen molar-refractivity contribution in [3.8, 4) is 0 Å². The third-order valence-corrected chi connectivity index (χ3v) is 1.95. The lowest BCUT2D eigenvalue weighted by Gasteiger charge is -2.10. The molecule has 1 rings (SSSR count). The first-order chi connectivity index (χ1) is 4.63. The van der Waals surface area contributed by atoms with Gasteiger partial charge in [-0.05, 0) is 0 Å². The molecule has 0 saturated carbocycles. The molecule has 4 heteroatoms. The van der Waals surface area contributed by atoms with Crippen molar-refractivity contribution in [3.05, 3.63) is 0 Å². The van der Waals surface area contributed by atoms with Crippen LogP contribution in [-0.4, -0.2) is 34.9 Å². The molecule has 58 valence electrons. The first-order valence-corrected chi connectivity index (χ1v) is 3.27. The predicted molar refractivity (Wildman–Crippen MR) is 34.6 cm³/mol. The Morgan fingerprint density at radius 3 is 2.50 bits per heavy atom. The Morgan fingerprint density at radius 1 is 1.70 bits per heavy atom. The smallest absolute Gasteiger partial charge is 0.321 e. The molecule has 1 heterocycles. The molecule has 0 aromatic carbocycles. The second-order valence-electron chi connectivity index (χ2n) is 2.65. The highest BCUT2D eigenvalue weighted by atomic mass is 16.4. The highest BCUT2D eigenvalue weighted by Gasteiger charge is 2.35. The maximum Gasteiger partial charge on any atom is 0.321 e. The summed E-state index contributed by atoms with van der Waals surface area (Å²) in [6.45, 7) is 2.11. The zero-order chi connectivity index (χ0) is 7.72. The van der Waals surface area contributed by atoms with Crippen LogP contribution in [0.1, 0.15) is 6.92 Å². The Kier molecular flexibility index (Phi) is 1.92. The Bertz CT molecular complexity index is 148. The molecule has 1 unspecified atom stereocenters. The molecule has 0 aromatic rings. The van der Waals surface area contributed by atoms with Crippen LogP contribution in [0.2, 0.25) is 0 Å². The Balaban J connectivity index is 2.57. The van der Waals surface area contributed by atoms with E-state index in [4.69, 9.17) is 10.2 Å². The molecule has 0 aromatic heterocycles. The molecule has 10 heavy (non-hydrogen) atoms. The summed E-state index contributed by atoms with van der Waals surface area (Å²) in [6.07, 6.45) is -0.513. The molecule has 1 fully saturated rings. The van der Waals surface area contributed by atoms with Gasteiger partial charge in [0.1, 0.15) is 6.04 Å². The number of rotatable bonds is 1. The first-order valence-electron chi connectivity index (χ1n) is 3.27. The van der Waals surface area contributed by atoms with E-state index in [1.807, 2.05) is 0 Å². The van der Waals surface area contributed by atoms with Gasteiger partial charge in [-0.25, -0.2) is 0 Å². The van der Waals surface area contributed by atoms with Crippen molar-refractivity contribution in [2.75, 3.05) is 6.54 Å². The SMILES string of the molecule is C[C@@H]1C(O)CN[C@@H]1C(=O)O. The summed E-state index contributed by atoms with van der Waals surface area (Å²) in [5.74, 6) is -1.07. The van der Waals surface area contributed by atoms with Crippen molar-refractivity contribution in [1.29, 1.82) is 0 Å². The summed E-state index contributed by atoms with van der Waals surface area (Å²) >= 11 is 0. The molecule has 0 spiro atoms. The third-order valence-electron chi connectivity index (χ3n) is 1.95. The number of nitrogens with one attached hydrogen (secondary N) is 1. The Labute approximate surface area is 58.9 Å². The van der Waals surface area contributed by atoms with E-state index >= 15 is 0 Å². The minimum atomic E-state index is -0.885. The summed E-state index contributed by atoms with van der Waals surface area (Å²) in [4.78, 5) is 10.4. The Hall–Kier alpha value is -0.610. The van der Waals surface area contributed by atoms with E-state index in [9.17, 15) is 4.79 Å².